The molecule has 4 atom stereocenters. The third kappa shape index (κ3) is 3.41. The smallest absolute Gasteiger partial charge is 0.125 e. The van der Waals surface area contributed by atoms with E-state index in [4.69, 9.17) is 0 Å². The van der Waals surface area contributed by atoms with Crippen molar-refractivity contribution in [1.82, 2.24) is 4.90 Å². The van der Waals surface area contributed by atoms with Crippen molar-refractivity contribution in [3.63, 3.8) is 0 Å². The molecular formula is C16H23FN2O3. The summed E-state index contributed by atoms with van der Waals surface area (Å²) < 4.78 is 13.3. The highest BCUT2D eigenvalue weighted by Gasteiger charge is 2.35. The Labute approximate surface area is 129 Å². The predicted octanol–water partition coefficient (Wildman–Crippen LogP) is 0.0503. The van der Waals surface area contributed by atoms with Crippen molar-refractivity contribution >= 4 is 5.69 Å². The molecule has 0 amide bonds. The van der Waals surface area contributed by atoms with Crippen LogP contribution in [0.3, 0.4) is 0 Å². The van der Waals surface area contributed by atoms with Gasteiger partial charge in [0.05, 0.1) is 12.2 Å². The zero-order valence-electron chi connectivity index (χ0n) is 12.5. The molecule has 6 heteroatoms. The van der Waals surface area contributed by atoms with Gasteiger partial charge in [0.1, 0.15) is 11.9 Å². The van der Waals surface area contributed by atoms with Gasteiger partial charge >= 0.3 is 0 Å². The lowest BCUT2D eigenvalue weighted by Crippen LogP contribution is -2.56. The minimum absolute atomic E-state index is 0.225. The van der Waals surface area contributed by atoms with Crippen LogP contribution in [0.4, 0.5) is 10.1 Å². The average Bonchev–Trinajstić information content (AvgIpc) is 2.93. The molecule has 1 aromatic carbocycles. The first-order valence-corrected chi connectivity index (χ1v) is 7.80. The number of β-amino-alcohol motifs (C(OH)–C–C–N with tert-alkyl or cyclic N) is 2. The van der Waals surface area contributed by atoms with Gasteiger partial charge in [-0.1, -0.05) is 6.07 Å². The molecule has 3 rings (SSSR count). The van der Waals surface area contributed by atoms with Gasteiger partial charge in [-0.3, -0.25) is 4.90 Å². The maximum atomic E-state index is 13.3. The van der Waals surface area contributed by atoms with Crippen molar-refractivity contribution in [2.24, 2.45) is 5.92 Å². The largest absolute Gasteiger partial charge is 0.389 e. The number of hydrogen-bond acceptors (Lipinski definition) is 5. The molecule has 0 bridgehead atoms. The van der Waals surface area contributed by atoms with Crippen LogP contribution in [0.1, 0.15) is 6.42 Å². The van der Waals surface area contributed by atoms with Crippen LogP contribution in [0.2, 0.25) is 0 Å². The summed E-state index contributed by atoms with van der Waals surface area (Å²) in [4.78, 5) is 4.17. The first-order valence-electron chi connectivity index (χ1n) is 7.80. The summed E-state index contributed by atoms with van der Waals surface area (Å²) in [6.45, 7) is 3.26. The summed E-state index contributed by atoms with van der Waals surface area (Å²) in [6, 6.07) is 6.62. The Morgan fingerprint density at radius 3 is 2.50 bits per heavy atom. The van der Waals surface area contributed by atoms with Gasteiger partial charge in [0.15, 0.2) is 0 Å². The van der Waals surface area contributed by atoms with E-state index in [2.05, 4.69) is 4.90 Å². The number of hydrogen-bond donors (Lipinski definition) is 3. The van der Waals surface area contributed by atoms with Crippen molar-refractivity contribution < 1.29 is 19.7 Å². The lowest BCUT2D eigenvalue weighted by molar-refractivity contribution is -0.111. The predicted molar refractivity (Wildman–Crippen MR) is 81.2 cm³/mol. The second kappa shape index (κ2) is 6.50. The Morgan fingerprint density at radius 2 is 1.82 bits per heavy atom. The van der Waals surface area contributed by atoms with Crippen molar-refractivity contribution in [3.05, 3.63) is 30.1 Å². The number of piperidine rings is 1. The number of nitrogens with zero attached hydrogens (tertiary/aromatic N) is 2. The maximum Gasteiger partial charge on any atom is 0.125 e. The topological polar surface area (TPSA) is 67.2 Å². The minimum Gasteiger partial charge on any atom is -0.389 e. The molecule has 3 N–H and O–H groups in total. The van der Waals surface area contributed by atoms with Gasteiger partial charge in [-0.2, -0.15) is 0 Å². The molecule has 1 aromatic rings. The summed E-state index contributed by atoms with van der Waals surface area (Å²) >= 11 is 0. The quantitative estimate of drug-likeness (QED) is 0.736. The number of anilines is 1. The number of benzene rings is 1. The van der Waals surface area contributed by atoms with Gasteiger partial charge in [-0.05, 0) is 30.5 Å². The van der Waals surface area contributed by atoms with Gasteiger partial charge in [-0.25, -0.2) is 4.39 Å². The van der Waals surface area contributed by atoms with Crippen molar-refractivity contribution in [3.8, 4) is 0 Å². The minimum atomic E-state index is -1.05. The van der Waals surface area contributed by atoms with Crippen LogP contribution in [-0.2, 0) is 0 Å². The number of rotatable bonds is 3. The van der Waals surface area contributed by atoms with E-state index in [1.807, 2.05) is 11.0 Å². The SMILES string of the molecule is OC1[C@H](O)CN(C[C@H]2CCN(c3cccc(F)c3)C2)C[C@@H]1O. The van der Waals surface area contributed by atoms with E-state index in [1.54, 1.807) is 12.1 Å². The standard InChI is InChI=1S/C16H23FN2O3/c17-12-2-1-3-13(6-12)19-5-4-11(8-19)7-18-9-14(20)16(22)15(21)10-18/h1-3,6,11,14-16,20-22H,4-5,7-10H2/t11-,14-,15+,16?/m1/s1. The zero-order chi connectivity index (χ0) is 15.7. The average molecular weight is 310 g/mol. The molecule has 1 unspecified atom stereocenters. The molecule has 122 valence electrons. The summed E-state index contributed by atoms with van der Waals surface area (Å²) in [6.07, 6.45) is -1.85. The second-order valence-electron chi connectivity index (χ2n) is 6.42. The van der Waals surface area contributed by atoms with E-state index in [9.17, 15) is 19.7 Å². The zero-order valence-corrected chi connectivity index (χ0v) is 12.5. The lowest BCUT2D eigenvalue weighted by atomic mass is 10.00. The van der Waals surface area contributed by atoms with Gasteiger partial charge < -0.3 is 20.2 Å². The molecule has 22 heavy (non-hydrogen) atoms. The lowest BCUT2D eigenvalue weighted by Gasteiger charge is -2.38. The molecule has 0 aromatic heterocycles. The van der Waals surface area contributed by atoms with E-state index in [0.29, 0.717) is 19.0 Å². The highest BCUT2D eigenvalue weighted by Crippen LogP contribution is 2.25. The molecule has 2 saturated heterocycles. The normalized spacial score (nSPS) is 33.4. The number of halogens is 1. The Hall–Kier alpha value is -1.21. The first kappa shape index (κ1) is 15.7. The van der Waals surface area contributed by atoms with Crippen LogP contribution in [0, 0.1) is 11.7 Å². The van der Waals surface area contributed by atoms with Crippen LogP contribution in [-0.4, -0.2) is 71.3 Å². The third-order valence-corrected chi connectivity index (χ3v) is 4.65. The van der Waals surface area contributed by atoms with Crippen LogP contribution in [0.5, 0.6) is 0 Å². The Kier molecular flexibility index (Phi) is 4.63. The Morgan fingerprint density at radius 1 is 1.09 bits per heavy atom. The number of aliphatic hydroxyl groups excluding tert-OH is 3. The van der Waals surface area contributed by atoms with Crippen LogP contribution in [0.25, 0.3) is 0 Å². The van der Waals surface area contributed by atoms with Crippen LogP contribution in [0.15, 0.2) is 24.3 Å². The summed E-state index contributed by atoms with van der Waals surface area (Å²) in [5.74, 6) is 0.190. The fourth-order valence-electron chi connectivity index (χ4n) is 3.48. The Balaban J connectivity index is 1.55. The third-order valence-electron chi connectivity index (χ3n) is 4.65. The monoisotopic (exact) mass is 310 g/mol. The van der Waals surface area contributed by atoms with E-state index >= 15 is 0 Å². The molecule has 0 spiro atoms. The summed E-state index contributed by atoms with van der Waals surface area (Å²) in [7, 11) is 0. The maximum absolute atomic E-state index is 13.3. The fourth-order valence-corrected chi connectivity index (χ4v) is 3.48. The molecule has 2 aliphatic rings. The fraction of sp³-hybridized carbons (Fsp3) is 0.625. The van der Waals surface area contributed by atoms with Crippen LogP contribution < -0.4 is 4.90 Å². The van der Waals surface area contributed by atoms with E-state index in [-0.39, 0.29) is 5.82 Å². The molecule has 0 aliphatic carbocycles. The van der Waals surface area contributed by atoms with Crippen LogP contribution >= 0.6 is 0 Å². The number of likely N-dealkylation sites (tertiary alicyclic amines) is 1. The van der Waals surface area contributed by atoms with E-state index in [1.165, 1.54) is 6.07 Å². The molecule has 5 nitrogen and oxygen atoms in total. The van der Waals surface area contributed by atoms with Gasteiger partial charge in [0.2, 0.25) is 0 Å². The Bertz CT molecular complexity index is 504. The van der Waals surface area contributed by atoms with Gasteiger partial charge in [-0.15, -0.1) is 0 Å². The first-order chi connectivity index (χ1) is 10.5. The van der Waals surface area contributed by atoms with Crippen molar-refractivity contribution in [2.45, 2.75) is 24.7 Å². The molecule has 2 fully saturated rings. The molecular weight excluding hydrogens is 287 g/mol. The number of aliphatic hydroxyl groups is 3. The molecule has 0 radical (unpaired) electrons. The van der Waals surface area contributed by atoms with E-state index in [0.717, 1.165) is 31.7 Å². The van der Waals surface area contributed by atoms with Gasteiger partial charge in [0, 0.05) is 38.4 Å². The van der Waals surface area contributed by atoms with E-state index < -0.39 is 18.3 Å². The summed E-state index contributed by atoms with van der Waals surface area (Å²) in [5, 5.41) is 29.1. The highest BCUT2D eigenvalue weighted by atomic mass is 19.1. The van der Waals surface area contributed by atoms with Gasteiger partial charge in [0.25, 0.3) is 0 Å². The van der Waals surface area contributed by atoms with Crippen molar-refractivity contribution in [2.75, 3.05) is 37.6 Å². The van der Waals surface area contributed by atoms with Crippen molar-refractivity contribution in [1.29, 1.82) is 0 Å². The molecule has 2 aliphatic heterocycles. The molecule has 0 saturated carbocycles. The second-order valence-corrected chi connectivity index (χ2v) is 6.42. The summed E-state index contributed by atoms with van der Waals surface area (Å²) in [5.41, 5.74) is 0.900. The highest BCUT2D eigenvalue weighted by molar-refractivity contribution is 5.47. The molecule has 2 heterocycles.